The van der Waals surface area contributed by atoms with Gasteiger partial charge in [-0.25, -0.2) is 4.39 Å². The Morgan fingerprint density at radius 1 is 1.31 bits per heavy atom. The van der Waals surface area contributed by atoms with Crippen molar-refractivity contribution >= 4 is 38.9 Å². The lowest BCUT2D eigenvalue weighted by Crippen LogP contribution is -1.97. The Balaban J connectivity index is 2.33. The topological polar surface area (TPSA) is 20.2 Å². The third kappa shape index (κ3) is 2.46. The maximum Gasteiger partial charge on any atom is 0.142 e. The van der Waals surface area contributed by atoms with Crippen LogP contribution in [0.25, 0.3) is 0 Å². The minimum atomic E-state index is -0.817. The lowest BCUT2D eigenvalue weighted by molar-refractivity contribution is 0.223. The van der Waals surface area contributed by atoms with Gasteiger partial charge in [0, 0.05) is 4.88 Å². The Morgan fingerprint density at radius 2 is 2.06 bits per heavy atom. The monoisotopic (exact) mass is 320 g/mol. The number of aliphatic hydroxyl groups excluding tert-OH is 1. The molecule has 0 aliphatic heterocycles. The fourth-order valence-electron chi connectivity index (χ4n) is 1.32. The Hall–Kier alpha value is -0.420. The minimum Gasteiger partial charge on any atom is -0.383 e. The van der Waals surface area contributed by atoms with E-state index in [1.165, 1.54) is 23.5 Å². The van der Waals surface area contributed by atoms with E-state index in [4.69, 9.17) is 11.6 Å². The van der Waals surface area contributed by atoms with Gasteiger partial charge in [-0.3, -0.25) is 0 Å². The summed E-state index contributed by atoms with van der Waals surface area (Å²) in [7, 11) is 0. The molecule has 1 aromatic carbocycles. The molecule has 0 saturated carbocycles. The molecule has 0 bridgehead atoms. The van der Waals surface area contributed by atoms with Crippen molar-refractivity contribution in [3.05, 3.63) is 55.4 Å². The Bertz CT molecular complexity index is 514. The second kappa shape index (κ2) is 4.84. The summed E-state index contributed by atoms with van der Waals surface area (Å²) in [5.41, 5.74) is 0.497. The molecule has 5 heteroatoms. The quantitative estimate of drug-likeness (QED) is 0.870. The molecule has 1 unspecified atom stereocenters. The molecule has 1 N–H and O–H groups in total. The summed E-state index contributed by atoms with van der Waals surface area (Å²) >= 11 is 10.3. The smallest absolute Gasteiger partial charge is 0.142 e. The molecule has 0 radical (unpaired) electrons. The van der Waals surface area contributed by atoms with Crippen LogP contribution in [0.4, 0.5) is 4.39 Å². The van der Waals surface area contributed by atoms with E-state index in [1.807, 2.05) is 6.07 Å². The summed E-state index contributed by atoms with van der Waals surface area (Å²) in [6, 6.07) is 7.95. The van der Waals surface area contributed by atoms with Gasteiger partial charge in [-0.15, -0.1) is 11.3 Å². The number of aliphatic hydroxyl groups is 1. The first-order valence-electron chi connectivity index (χ1n) is 4.46. The molecular weight excluding hydrogens is 315 g/mol. The number of rotatable bonds is 2. The summed E-state index contributed by atoms with van der Waals surface area (Å²) in [6.45, 7) is 0. The van der Waals surface area contributed by atoms with Crippen molar-refractivity contribution in [3.63, 3.8) is 0 Å². The Labute approximate surface area is 110 Å². The third-order valence-electron chi connectivity index (χ3n) is 2.12. The van der Waals surface area contributed by atoms with Crippen LogP contribution in [0.5, 0.6) is 0 Å². The van der Waals surface area contributed by atoms with Crippen molar-refractivity contribution in [1.82, 2.24) is 0 Å². The van der Waals surface area contributed by atoms with E-state index < -0.39 is 11.9 Å². The van der Waals surface area contributed by atoms with Crippen LogP contribution in [-0.4, -0.2) is 5.11 Å². The zero-order valence-electron chi connectivity index (χ0n) is 7.95. The lowest BCUT2D eigenvalue weighted by Gasteiger charge is -2.09. The maximum atomic E-state index is 13.2. The first kappa shape index (κ1) is 12.0. The molecule has 0 spiro atoms. The molecule has 0 amide bonds. The molecular formula is C11H7BrClFOS. The van der Waals surface area contributed by atoms with Gasteiger partial charge in [-0.1, -0.05) is 17.7 Å². The zero-order chi connectivity index (χ0) is 11.7. The van der Waals surface area contributed by atoms with Crippen molar-refractivity contribution in [1.29, 1.82) is 0 Å². The largest absolute Gasteiger partial charge is 0.383 e. The first-order chi connectivity index (χ1) is 7.58. The van der Waals surface area contributed by atoms with Crippen LogP contribution in [0.2, 0.25) is 5.02 Å². The van der Waals surface area contributed by atoms with Gasteiger partial charge >= 0.3 is 0 Å². The average Bonchev–Trinajstić information content (AvgIpc) is 2.68. The molecule has 16 heavy (non-hydrogen) atoms. The predicted octanol–water partition coefficient (Wildman–Crippen LogP) is 4.38. The van der Waals surface area contributed by atoms with Gasteiger partial charge in [0.05, 0.1) is 8.81 Å². The van der Waals surface area contributed by atoms with E-state index in [-0.39, 0.29) is 5.02 Å². The predicted molar refractivity (Wildman–Crippen MR) is 67.5 cm³/mol. The molecule has 1 aromatic heterocycles. The number of hydrogen-bond donors (Lipinski definition) is 1. The first-order valence-corrected chi connectivity index (χ1v) is 6.45. The molecule has 2 rings (SSSR count). The van der Waals surface area contributed by atoms with Crippen molar-refractivity contribution in [2.24, 2.45) is 0 Å². The van der Waals surface area contributed by atoms with E-state index in [0.29, 0.717) is 5.56 Å². The minimum absolute atomic E-state index is 0.0586. The number of benzene rings is 1. The molecule has 0 saturated heterocycles. The average molecular weight is 322 g/mol. The van der Waals surface area contributed by atoms with Crippen molar-refractivity contribution < 1.29 is 9.50 Å². The SMILES string of the molecule is OC(c1ccc(Cl)c(F)c1)c1ccc(Br)s1. The van der Waals surface area contributed by atoms with Crippen LogP contribution in [-0.2, 0) is 0 Å². The molecule has 0 fully saturated rings. The normalized spacial score (nSPS) is 12.8. The van der Waals surface area contributed by atoms with Crippen molar-refractivity contribution in [2.75, 3.05) is 0 Å². The van der Waals surface area contributed by atoms with Gasteiger partial charge in [0.15, 0.2) is 0 Å². The second-order valence-corrected chi connectivity index (χ2v) is 6.12. The van der Waals surface area contributed by atoms with E-state index in [0.717, 1.165) is 8.66 Å². The van der Waals surface area contributed by atoms with Crippen LogP contribution in [0.15, 0.2) is 34.1 Å². The fourth-order valence-corrected chi connectivity index (χ4v) is 2.88. The van der Waals surface area contributed by atoms with Crippen LogP contribution in [0, 0.1) is 5.82 Å². The molecule has 84 valence electrons. The van der Waals surface area contributed by atoms with E-state index in [2.05, 4.69) is 15.9 Å². The summed E-state index contributed by atoms with van der Waals surface area (Å²) < 4.78 is 14.1. The molecule has 0 aliphatic carbocycles. The summed E-state index contributed by atoms with van der Waals surface area (Å²) in [6.07, 6.45) is -0.817. The molecule has 1 atom stereocenters. The highest BCUT2D eigenvalue weighted by Crippen LogP contribution is 2.32. The standard InChI is InChI=1S/C11H7BrClFOS/c12-10-4-3-9(16-10)11(15)6-1-2-7(13)8(14)5-6/h1-5,11,15H. The number of halogens is 3. The van der Waals surface area contributed by atoms with Crippen LogP contribution < -0.4 is 0 Å². The summed E-state index contributed by atoms with van der Waals surface area (Å²) in [5, 5.41) is 10.1. The molecule has 1 nitrogen and oxygen atoms in total. The fraction of sp³-hybridized carbons (Fsp3) is 0.0909. The maximum absolute atomic E-state index is 13.2. The third-order valence-corrected chi connectivity index (χ3v) is 4.11. The second-order valence-electron chi connectivity index (χ2n) is 3.22. The summed E-state index contributed by atoms with van der Waals surface area (Å²) in [5.74, 6) is -0.520. The Kier molecular flexibility index (Phi) is 3.64. The highest BCUT2D eigenvalue weighted by atomic mass is 79.9. The van der Waals surface area contributed by atoms with Crippen molar-refractivity contribution in [2.45, 2.75) is 6.10 Å². The highest BCUT2D eigenvalue weighted by molar-refractivity contribution is 9.11. The van der Waals surface area contributed by atoms with Crippen LogP contribution in [0.3, 0.4) is 0 Å². The zero-order valence-corrected chi connectivity index (χ0v) is 11.1. The molecule has 1 heterocycles. The summed E-state index contributed by atoms with van der Waals surface area (Å²) in [4.78, 5) is 0.758. The lowest BCUT2D eigenvalue weighted by atomic mass is 10.1. The number of thiophene rings is 1. The van der Waals surface area contributed by atoms with Gasteiger partial charge in [0.2, 0.25) is 0 Å². The van der Waals surface area contributed by atoms with E-state index >= 15 is 0 Å². The van der Waals surface area contributed by atoms with E-state index in [1.54, 1.807) is 12.1 Å². The Morgan fingerprint density at radius 3 is 2.62 bits per heavy atom. The van der Waals surface area contributed by atoms with Gasteiger partial charge in [-0.2, -0.15) is 0 Å². The number of hydrogen-bond acceptors (Lipinski definition) is 2. The van der Waals surface area contributed by atoms with Crippen LogP contribution in [0.1, 0.15) is 16.5 Å². The molecule has 2 aromatic rings. The van der Waals surface area contributed by atoms with Gasteiger partial charge < -0.3 is 5.11 Å². The van der Waals surface area contributed by atoms with Crippen LogP contribution >= 0.6 is 38.9 Å². The van der Waals surface area contributed by atoms with Gasteiger partial charge in [-0.05, 0) is 45.8 Å². The van der Waals surface area contributed by atoms with Gasteiger partial charge in [0.1, 0.15) is 11.9 Å². The van der Waals surface area contributed by atoms with E-state index in [9.17, 15) is 9.50 Å². The molecule has 0 aliphatic rings. The highest BCUT2D eigenvalue weighted by Gasteiger charge is 2.14. The van der Waals surface area contributed by atoms with Gasteiger partial charge in [0.25, 0.3) is 0 Å². The van der Waals surface area contributed by atoms with Crippen molar-refractivity contribution in [3.8, 4) is 0 Å².